The molecule has 0 N–H and O–H groups in total. The first-order chi connectivity index (χ1) is 16.3. The molecule has 0 saturated heterocycles. The summed E-state index contributed by atoms with van der Waals surface area (Å²) in [5.41, 5.74) is 1.26. The Hall–Kier alpha value is -1.82. The molecule has 6 nitrogen and oxygen atoms in total. The molecule has 0 aliphatic heterocycles. The van der Waals surface area contributed by atoms with Gasteiger partial charge in [-0.1, -0.05) is 46.4 Å². The van der Waals surface area contributed by atoms with E-state index in [9.17, 15) is 18.9 Å². The highest BCUT2D eigenvalue weighted by atomic mass is 35.5. The van der Waals surface area contributed by atoms with Gasteiger partial charge < -0.3 is 14.0 Å². The van der Waals surface area contributed by atoms with Crippen LogP contribution < -0.4 is 0 Å². The first-order valence-electron chi connectivity index (χ1n) is 10.2. The Balaban J connectivity index is 0.000000513. The Morgan fingerprint density at radius 3 is 1.60 bits per heavy atom. The lowest BCUT2D eigenvalue weighted by atomic mass is 10.2. The maximum atomic E-state index is 11.0. The van der Waals surface area contributed by atoms with E-state index in [0.29, 0.717) is 45.2 Å². The lowest BCUT2D eigenvalue weighted by Gasteiger charge is -2.04. The molecule has 0 radical (unpaired) electrons. The van der Waals surface area contributed by atoms with Crippen LogP contribution >= 0.6 is 53.5 Å². The van der Waals surface area contributed by atoms with Crippen molar-refractivity contribution in [3.05, 3.63) is 73.7 Å². The molecule has 0 saturated carbocycles. The SMILES string of the molecule is CCOC(=O)/C=C/c1cc(Cl)cc(Cl)c1.CCOC(=O)CP(C)(C)=O.O=Cc1cc(Cl)cc(Cl)c1. The quantitative estimate of drug-likeness (QED) is 0.145. The second-order valence-corrected chi connectivity index (χ2v) is 12.4. The number of carbonyl (C=O) groups excluding carboxylic acids is 3. The van der Waals surface area contributed by atoms with E-state index in [0.717, 1.165) is 5.56 Å². The highest BCUT2D eigenvalue weighted by Crippen LogP contribution is 2.35. The molecule has 0 bridgehead atoms. The topological polar surface area (TPSA) is 86.7 Å². The molecule has 0 unspecified atom stereocenters. The number of aldehydes is 1. The molecule has 0 aromatic heterocycles. The number of hydrogen-bond acceptors (Lipinski definition) is 6. The van der Waals surface area contributed by atoms with Crippen molar-refractivity contribution >= 4 is 77.8 Å². The molecule has 11 heteroatoms. The normalized spacial score (nSPS) is 10.4. The Bertz CT molecular complexity index is 1030. The summed E-state index contributed by atoms with van der Waals surface area (Å²) >= 11 is 22.8. The van der Waals surface area contributed by atoms with E-state index in [4.69, 9.17) is 51.1 Å². The summed E-state index contributed by atoms with van der Waals surface area (Å²) in [5, 5.41) is 2.03. The summed E-state index contributed by atoms with van der Waals surface area (Å²) in [6.07, 6.45) is 3.71. The van der Waals surface area contributed by atoms with Crippen LogP contribution in [-0.2, 0) is 23.6 Å². The zero-order chi connectivity index (χ0) is 27.0. The Labute approximate surface area is 225 Å². The minimum absolute atomic E-state index is 0.0564. The van der Waals surface area contributed by atoms with Crippen LogP contribution in [-0.4, -0.2) is 50.9 Å². The summed E-state index contributed by atoms with van der Waals surface area (Å²) in [7, 11) is -2.23. The van der Waals surface area contributed by atoms with Gasteiger partial charge in [0.2, 0.25) is 0 Å². The third-order valence-electron chi connectivity index (χ3n) is 3.42. The molecule has 2 aromatic carbocycles. The molecule has 0 aliphatic rings. The maximum Gasteiger partial charge on any atom is 0.330 e. The van der Waals surface area contributed by atoms with Gasteiger partial charge >= 0.3 is 11.9 Å². The Morgan fingerprint density at radius 1 is 0.800 bits per heavy atom. The Morgan fingerprint density at radius 2 is 1.23 bits per heavy atom. The lowest BCUT2D eigenvalue weighted by molar-refractivity contribution is -0.140. The lowest BCUT2D eigenvalue weighted by Crippen LogP contribution is -2.08. The van der Waals surface area contributed by atoms with Crippen LogP contribution in [0.3, 0.4) is 0 Å². The Kier molecular flexibility index (Phi) is 16.7. The average Bonchev–Trinajstić information content (AvgIpc) is 2.71. The minimum Gasteiger partial charge on any atom is -0.466 e. The van der Waals surface area contributed by atoms with Gasteiger partial charge in [0, 0.05) is 31.7 Å². The smallest absolute Gasteiger partial charge is 0.330 e. The second-order valence-electron chi connectivity index (χ2n) is 7.15. The van der Waals surface area contributed by atoms with Gasteiger partial charge in [0.15, 0.2) is 0 Å². The van der Waals surface area contributed by atoms with Crippen LogP contribution in [0.5, 0.6) is 0 Å². The minimum atomic E-state index is -2.23. The first-order valence-corrected chi connectivity index (χ1v) is 14.5. The second kappa shape index (κ2) is 17.6. The van der Waals surface area contributed by atoms with Gasteiger partial charge in [0.25, 0.3) is 0 Å². The number of rotatable bonds is 7. The van der Waals surface area contributed by atoms with Crippen molar-refractivity contribution in [1.82, 2.24) is 0 Å². The molecule has 0 aliphatic carbocycles. The summed E-state index contributed by atoms with van der Waals surface area (Å²) in [4.78, 5) is 31.9. The maximum absolute atomic E-state index is 11.0. The van der Waals surface area contributed by atoms with Crippen molar-refractivity contribution in [2.45, 2.75) is 13.8 Å². The monoisotopic (exact) mass is 582 g/mol. The number of ether oxygens (including phenoxy) is 2. The van der Waals surface area contributed by atoms with E-state index in [-0.39, 0.29) is 18.1 Å². The van der Waals surface area contributed by atoms with Gasteiger partial charge in [-0.2, -0.15) is 0 Å². The summed E-state index contributed by atoms with van der Waals surface area (Å²) < 4.78 is 20.3. The van der Waals surface area contributed by atoms with Crippen molar-refractivity contribution in [3.8, 4) is 0 Å². The van der Waals surface area contributed by atoms with E-state index in [1.165, 1.54) is 6.08 Å². The van der Waals surface area contributed by atoms with E-state index in [2.05, 4.69) is 4.74 Å². The van der Waals surface area contributed by atoms with Crippen LogP contribution in [0.25, 0.3) is 6.08 Å². The molecular weight excluding hydrogens is 557 g/mol. The van der Waals surface area contributed by atoms with Gasteiger partial charge in [0.1, 0.15) is 6.29 Å². The third kappa shape index (κ3) is 18.2. The summed E-state index contributed by atoms with van der Waals surface area (Å²) in [6.45, 7) is 7.35. The van der Waals surface area contributed by atoms with E-state index in [1.807, 2.05) is 0 Å². The van der Waals surface area contributed by atoms with Crippen molar-refractivity contribution in [3.63, 3.8) is 0 Å². The summed E-state index contributed by atoms with van der Waals surface area (Å²) in [5.74, 6) is -0.746. The number of carbonyl (C=O) groups is 3. The van der Waals surface area contributed by atoms with E-state index < -0.39 is 7.14 Å². The molecule has 35 heavy (non-hydrogen) atoms. The predicted molar refractivity (Wildman–Crippen MR) is 145 cm³/mol. The zero-order valence-electron chi connectivity index (χ0n) is 19.7. The van der Waals surface area contributed by atoms with Crippen molar-refractivity contribution in [1.29, 1.82) is 0 Å². The van der Waals surface area contributed by atoms with Crippen molar-refractivity contribution in [2.24, 2.45) is 0 Å². The van der Waals surface area contributed by atoms with Crippen molar-refractivity contribution in [2.75, 3.05) is 32.7 Å². The number of esters is 2. The fourth-order valence-electron chi connectivity index (χ4n) is 2.19. The number of hydrogen-bond donors (Lipinski definition) is 0. The van der Waals surface area contributed by atoms with Gasteiger partial charge in [-0.15, -0.1) is 0 Å². The van der Waals surface area contributed by atoms with Crippen LogP contribution in [0.15, 0.2) is 42.5 Å². The molecule has 0 amide bonds. The molecule has 0 heterocycles. The van der Waals surface area contributed by atoms with E-state index >= 15 is 0 Å². The van der Waals surface area contributed by atoms with Crippen LogP contribution in [0.1, 0.15) is 29.8 Å². The fourth-order valence-corrected chi connectivity index (χ4v) is 3.99. The average molecular weight is 584 g/mol. The van der Waals surface area contributed by atoms with Crippen LogP contribution in [0, 0.1) is 0 Å². The standard InChI is InChI=1S/C11H10Cl2O2.C7H4Cl2O.C6H13O3P/c1-2-15-11(14)4-3-8-5-9(12)7-10(13)6-8;8-6-1-5(4-10)2-7(9)3-6;1-4-9-6(7)5-10(2,3)8/h3-7H,2H2,1H3;1-4H;4-5H2,1-3H3/b4-3+;;. The van der Waals surface area contributed by atoms with Gasteiger partial charge in [-0.05, 0) is 75.2 Å². The highest BCUT2D eigenvalue weighted by molar-refractivity contribution is 7.63. The molecular formula is C24H27Cl4O6P. The predicted octanol–water partition coefficient (Wildman–Crippen LogP) is 7.55. The molecule has 0 atom stereocenters. The van der Waals surface area contributed by atoms with Crippen LogP contribution in [0.2, 0.25) is 20.1 Å². The zero-order valence-corrected chi connectivity index (χ0v) is 23.6. The molecule has 2 rings (SSSR count). The van der Waals surface area contributed by atoms with Gasteiger partial charge in [-0.25, -0.2) is 4.79 Å². The fraction of sp³-hybridized carbons (Fsp3) is 0.292. The first kappa shape index (κ1) is 33.2. The van der Waals surface area contributed by atoms with Gasteiger partial charge in [-0.3, -0.25) is 9.59 Å². The number of halogens is 4. The highest BCUT2D eigenvalue weighted by Gasteiger charge is 2.13. The van der Waals surface area contributed by atoms with Crippen LogP contribution in [0.4, 0.5) is 0 Å². The van der Waals surface area contributed by atoms with Gasteiger partial charge in [0.05, 0.1) is 26.5 Å². The third-order valence-corrected chi connectivity index (χ3v) is 5.31. The molecule has 2 aromatic rings. The van der Waals surface area contributed by atoms with Crippen molar-refractivity contribution < 1.29 is 28.4 Å². The molecule has 192 valence electrons. The van der Waals surface area contributed by atoms with E-state index in [1.54, 1.807) is 69.7 Å². The summed E-state index contributed by atoms with van der Waals surface area (Å²) in [6, 6.07) is 9.74. The largest absolute Gasteiger partial charge is 0.466 e. The molecule has 0 fully saturated rings. The molecule has 0 spiro atoms. The number of benzene rings is 2.